The van der Waals surface area contributed by atoms with Crippen molar-refractivity contribution in [1.29, 1.82) is 0 Å². The second-order valence-electron chi connectivity index (χ2n) is 5.05. The van der Waals surface area contributed by atoms with Gasteiger partial charge in [-0.25, -0.2) is 0 Å². The molecule has 1 nitrogen and oxygen atoms in total. The Morgan fingerprint density at radius 1 is 1.25 bits per heavy atom. The number of nitrogens with zero attached hydrogens (tertiary/aromatic N) is 1. The van der Waals surface area contributed by atoms with Crippen molar-refractivity contribution in [3.63, 3.8) is 0 Å². The predicted octanol–water partition coefficient (Wildman–Crippen LogP) is 4.88. The Morgan fingerprint density at radius 3 is 2.30 bits per heavy atom. The van der Waals surface area contributed by atoms with E-state index in [1.807, 2.05) is 6.08 Å². The normalized spacial score (nSPS) is 13.5. The van der Waals surface area contributed by atoms with Crippen LogP contribution in [-0.4, -0.2) is 17.5 Å². The van der Waals surface area contributed by atoms with E-state index < -0.39 is 11.7 Å². The highest BCUT2D eigenvalue weighted by Crippen LogP contribution is 2.29. The second kappa shape index (κ2) is 7.48. The molecule has 0 aliphatic carbocycles. The van der Waals surface area contributed by atoms with Gasteiger partial charge in [0.2, 0.25) is 0 Å². The first-order chi connectivity index (χ1) is 9.38. The molecule has 0 aliphatic rings. The first-order valence-corrected chi connectivity index (χ1v) is 6.89. The van der Waals surface area contributed by atoms with E-state index in [-0.39, 0.29) is 0 Å². The predicted molar refractivity (Wildman–Crippen MR) is 76.4 cm³/mol. The summed E-state index contributed by atoms with van der Waals surface area (Å²) in [6.45, 7) is 9.38. The van der Waals surface area contributed by atoms with Crippen LogP contribution in [0.1, 0.15) is 37.8 Å². The molecular formula is C16H22F3N. The van der Waals surface area contributed by atoms with E-state index >= 15 is 0 Å². The van der Waals surface area contributed by atoms with Crippen molar-refractivity contribution >= 4 is 0 Å². The van der Waals surface area contributed by atoms with E-state index in [0.717, 1.165) is 37.1 Å². The molecule has 0 aromatic heterocycles. The number of alkyl halides is 3. The smallest absolute Gasteiger partial charge is 0.293 e. The van der Waals surface area contributed by atoms with Crippen LogP contribution in [0, 0.1) is 0 Å². The zero-order valence-corrected chi connectivity index (χ0v) is 12.1. The summed E-state index contributed by atoms with van der Waals surface area (Å²) in [7, 11) is 0. The average molecular weight is 285 g/mol. The van der Waals surface area contributed by atoms with Gasteiger partial charge >= 0.3 is 6.18 Å². The van der Waals surface area contributed by atoms with Gasteiger partial charge in [-0.3, -0.25) is 4.90 Å². The minimum atomic E-state index is -4.27. The Bertz CT molecular complexity index is 409. The summed E-state index contributed by atoms with van der Waals surface area (Å²) < 4.78 is 37.5. The van der Waals surface area contributed by atoms with Gasteiger partial charge in [0.05, 0.1) is 5.56 Å². The molecule has 0 saturated carbocycles. The fourth-order valence-electron chi connectivity index (χ4n) is 2.20. The van der Waals surface area contributed by atoms with Gasteiger partial charge in [-0.1, -0.05) is 31.6 Å². The van der Waals surface area contributed by atoms with E-state index in [0.29, 0.717) is 12.6 Å². The molecule has 0 aliphatic heterocycles. The molecule has 1 rings (SSSR count). The van der Waals surface area contributed by atoms with Crippen LogP contribution in [0.3, 0.4) is 0 Å². The third-order valence-electron chi connectivity index (χ3n) is 3.36. The molecule has 1 atom stereocenters. The molecule has 1 aromatic rings. The molecular weight excluding hydrogens is 263 g/mol. The summed E-state index contributed by atoms with van der Waals surface area (Å²) in [5.74, 6) is 0. The molecule has 0 spiro atoms. The number of hydrogen-bond donors (Lipinski definition) is 0. The van der Waals surface area contributed by atoms with Crippen LogP contribution in [0.25, 0.3) is 0 Å². The highest BCUT2D eigenvalue weighted by Gasteiger charge is 2.30. The molecule has 0 N–H and O–H groups in total. The molecule has 0 bridgehead atoms. The minimum Gasteiger partial charge on any atom is -0.293 e. The van der Waals surface area contributed by atoms with Gasteiger partial charge in [0.1, 0.15) is 0 Å². The fourth-order valence-corrected chi connectivity index (χ4v) is 2.20. The fraction of sp³-hybridized carbons (Fsp3) is 0.500. The Labute approximate surface area is 119 Å². The van der Waals surface area contributed by atoms with Crippen molar-refractivity contribution in [2.45, 2.75) is 45.5 Å². The minimum absolute atomic E-state index is 0.389. The van der Waals surface area contributed by atoms with Crippen molar-refractivity contribution in [2.75, 3.05) is 6.54 Å². The van der Waals surface area contributed by atoms with Crippen LogP contribution in [0.4, 0.5) is 13.2 Å². The van der Waals surface area contributed by atoms with Gasteiger partial charge in [0.15, 0.2) is 0 Å². The summed E-state index contributed by atoms with van der Waals surface area (Å²) >= 11 is 0. The van der Waals surface area contributed by atoms with Gasteiger partial charge in [-0.2, -0.15) is 13.2 Å². The molecule has 0 amide bonds. The summed E-state index contributed by atoms with van der Waals surface area (Å²) in [4.78, 5) is 2.22. The maximum absolute atomic E-state index is 12.5. The van der Waals surface area contributed by atoms with Crippen LogP contribution < -0.4 is 0 Å². The Balaban J connectivity index is 2.76. The Morgan fingerprint density at radius 2 is 1.85 bits per heavy atom. The van der Waals surface area contributed by atoms with Crippen LogP contribution in [-0.2, 0) is 12.7 Å². The first-order valence-electron chi connectivity index (χ1n) is 6.89. The van der Waals surface area contributed by atoms with Crippen molar-refractivity contribution in [1.82, 2.24) is 4.90 Å². The maximum atomic E-state index is 12.5. The highest BCUT2D eigenvalue weighted by molar-refractivity contribution is 5.24. The number of benzene rings is 1. The van der Waals surface area contributed by atoms with Crippen LogP contribution in [0.5, 0.6) is 0 Å². The molecule has 0 saturated heterocycles. The standard InChI is InChI=1S/C16H22F3N/c1-4-6-13(3)20(11-5-2)12-14-7-9-15(10-8-14)16(17,18)19/h5,7-10,13H,2,4,6,11-12H2,1,3H3. The van der Waals surface area contributed by atoms with E-state index in [2.05, 4.69) is 25.3 Å². The lowest BCUT2D eigenvalue weighted by Crippen LogP contribution is -2.32. The zero-order chi connectivity index (χ0) is 15.2. The molecule has 1 unspecified atom stereocenters. The average Bonchev–Trinajstić information content (AvgIpc) is 2.38. The summed E-state index contributed by atoms with van der Waals surface area (Å²) in [5.41, 5.74) is 0.293. The third kappa shape index (κ3) is 5.00. The quantitative estimate of drug-likeness (QED) is 0.645. The van der Waals surface area contributed by atoms with E-state index in [9.17, 15) is 13.2 Å². The molecule has 20 heavy (non-hydrogen) atoms. The van der Waals surface area contributed by atoms with Gasteiger partial charge < -0.3 is 0 Å². The molecule has 0 fully saturated rings. The third-order valence-corrected chi connectivity index (χ3v) is 3.36. The first kappa shape index (κ1) is 16.8. The second-order valence-corrected chi connectivity index (χ2v) is 5.05. The monoisotopic (exact) mass is 285 g/mol. The number of halogens is 3. The SMILES string of the molecule is C=CCN(Cc1ccc(C(F)(F)F)cc1)C(C)CCC. The van der Waals surface area contributed by atoms with Gasteiger partial charge in [-0.15, -0.1) is 6.58 Å². The lowest BCUT2D eigenvalue weighted by Gasteiger charge is -2.28. The van der Waals surface area contributed by atoms with Gasteiger partial charge in [-0.05, 0) is 31.0 Å². The molecule has 0 heterocycles. The highest BCUT2D eigenvalue weighted by atomic mass is 19.4. The van der Waals surface area contributed by atoms with Crippen molar-refractivity contribution in [3.05, 3.63) is 48.0 Å². The largest absolute Gasteiger partial charge is 0.416 e. The Hall–Kier alpha value is -1.29. The van der Waals surface area contributed by atoms with Gasteiger partial charge in [0, 0.05) is 19.1 Å². The zero-order valence-electron chi connectivity index (χ0n) is 12.1. The topological polar surface area (TPSA) is 3.24 Å². The summed E-state index contributed by atoms with van der Waals surface area (Å²) in [5, 5.41) is 0. The van der Waals surface area contributed by atoms with E-state index in [1.54, 1.807) is 12.1 Å². The van der Waals surface area contributed by atoms with Crippen LogP contribution >= 0.6 is 0 Å². The molecule has 0 radical (unpaired) electrons. The van der Waals surface area contributed by atoms with Crippen molar-refractivity contribution in [2.24, 2.45) is 0 Å². The number of hydrogen-bond acceptors (Lipinski definition) is 1. The molecule has 4 heteroatoms. The maximum Gasteiger partial charge on any atom is 0.416 e. The molecule has 1 aromatic carbocycles. The summed E-state index contributed by atoms with van der Waals surface area (Å²) in [6.07, 6.45) is -0.290. The summed E-state index contributed by atoms with van der Waals surface area (Å²) in [6, 6.07) is 5.78. The lowest BCUT2D eigenvalue weighted by molar-refractivity contribution is -0.137. The number of rotatable bonds is 7. The van der Waals surface area contributed by atoms with E-state index in [4.69, 9.17) is 0 Å². The Kier molecular flexibility index (Phi) is 6.27. The lowest BCUT2D eigenvalue weighted by atomic mass is 10.1. The van der Waals surface area contributed by atoms with Crippen LogP contribution in [0.2, 0.25) is 0 Å². The van der Waals surface area contributed by atoms with Gasteiger partial charge in [0.25, 0.3) is 0 Å². The van der Waals surface area contributed by atoms with Crippen LogP contribution in [0.15, 0.2) is 36.9 Å². The molecule has 112 valence electrons. The van der Waals surface area contributed by atoms with E-state index in [1.165, 1.54) is 0 Å². The van der Waals surface area contributed by atoms with Crippen molar-refractivity contribution in [3.8, 4) is 0 Å². The van der Waals surface area contributed by atoms with Crippen molar-refractivity contribution < 1.29 is 13.2 Å².